The highest BCUT2D eigenvalue weighted by atomic mass is 35.5. The minimum absolute atomic E-state index is 0.0251. The fraction of sp³-hybridized carbons (Fsp3) is 0.462. The van der Waals surface area contributed by atoms with E-state index in [9.17, 15) is 14.0 Å². The molecule has 1 aliphatic rings. The molecule has 0 bridgehead atoms. The van der Waals surface area contributed by atoms with E-state index in [-0.39, 0.29) is 29.7 Å². The first-order valence-electron chi connectivity index (χ1n) is 11.8. The van der Waals surface area contributed by atoms with E-state index in [1.807, 2.05) is 29.2 Å². The zero-order valence-corrected chi connectivity index (χ0v) is 20.6. The Morgan fingerprint density at radius 2 is 1.71 bits per heavy atom. The normalized spacial score (nSPS) is 18.4. The second kappa shape index (κ2) is 12.3. The van der Waals surface area contributed by atoms with Gasteiger partial charge >= 0.3 is 0 Å². The average molecular weight is 489 g/mol. The molecule has 2 aromatic rings. The number of nitrogens with zero attached hydrogens (tertiary/aromatic N) is 2. The van der Waals surface area contributed by atoms with Crippen molar-refractivity contribution in [2.45, 2.75) is 50.7 Å². The van der Waals surface area contributed by atoms with E-state index in [2.05, 4.69) is 17.1 Å². The number of carbonyl (C=O) groups is 2. The summed E-state index contributed by atoms with van der Waals surface area (Å²) in [7, 11) is 1.65. The van der Waals surface area contributed by atoms with Crippen molar-refractivity contribution < 1.29 is 14.0 Å². The molecular formula is C26H34ClFN4O2. The van der Waals surface area contributed by atoms with Crippen LogP contribution in [0.15, 0.2) is 48.5 Å². The summed E-state index contributed by atoms with van der Waals surface area (Å²) in [6.07, 6.45) is 2.66. The van der Waals surface area contributed by atoms with Crippen molar-refractivity contribution in [1.29, 1.82) is 0 Å². The Kier molecular flexibility index (Phi) is 9.45. The SMILES string of the molecule is CCCC1CN(C(Cc2ccc(Cl)cc2)C(=O)NC)CCN1C(=O)C(N)Cc1ccc(F)cc1. The summed E-state index contributed by atoms with van der Waals surface area (Å²) in [5, 5.41) is 3.45. The molecule has 34 heavy (non-hydrogen) atoms. The predicted molar refractivity (Wildman–Crippen MR) is 133 cm³/mol. The first kappa shape index (κ1) is 26.1. The number of hydrogen-bond donors (Lipinski definition) is 2. The van der Waals surface area contributed by atoms with Crippen molar-refractivity contribution >= 4 is 23.4 Å². The second-order valence-electron chi connectivity index (χ2n) is 8.87. The maximum atomic E-state index is 13.3. The standard InChI is InChI=1S/C26H34ClFN4O2/c1-3-4-22-17-31(24(25(33)30-2)16-19-5-9-20(27)10-6-19)13-14-32(22)26(34)23(29)15-18-7-11-21(28)12-8-18/h5-12,22-24H,3-4,13-17,29H2,1-2H3,(H,30,33). The number of nitrogens with two attached hydrogens (primary N) is 1. The van der Waals surface area contributed by atoms with Crippen LogP contribution in [0.25, 0.3) is 0 Å². The zero-order valence-electron chi connectivity index (χ0n) is 19.8. The molecule has 0 aromatic heterocycles. The molecule has 1 heterocycles. The van der Waals surface area contributed by atoms with Crippen LogP contribution in [0.4, 0.5) is 4.39 Å². The summed E-state index contributed by atoms with van der Waals surface area (Å²) in [6.45, 7) is 3.79. The Hall–Kier alpha value is -2.48. The molecule has 3 rings (SSSR count). The molecule has 0 saturated carbocycles. The smallest absolute Gasteiger partial charge is 0.240 e. The highest BCUT2D eigenvalue weighted by Crippen LogP contribution is 2.21. The van der Waals surface area contributed by atoms with Gasteiger partial charge in [0.05, 0.1) is 12.1 Å². The second-order valence-corrected chi connectivity index (χ2v) is 9.30. The van der Waals surface area contributed by atoms with E-state index in [1.54, 1.807) is 19.2 Å². The van der Waals surface area contributed by atoms with Crippen LogP contribution in [0.1, 0.15) is 30.9 Å². The van der Waals surface area contributed by atoms with Gasteiger partial charge in [0.2, 0.25) is 11.8 Å². The molecule has 0 spiro atoms. The van der Waals surface area contributed by atoms with Gasteiger partial charge in [-0.15, -0.1) is 0 Å². The Labute approximate surface area is 206 Å². The van der Waals surface area contributed by atoms with Crippen molar-refractivity contribution in [2.24, 2.45) is 5.73 Å². The number of nitrogens with one attached hydrogen (secondary N) is 1. The average Bonchev–Trinajstić information content (AvgIpc) is 2.84. The topological polar surface area (TPSA) is 78.7 Å². The number of carbonyl (C=O) groups excluding carboxylic acids is 2. The van der Waals surface area contributed by atoms with Crippen LogP contribution in [-0.4, -0.2) is 66.4 Å². The van der Waals surface area contributed by atoms with Crippen molar-refractivity contribution in [2.75, 3.05) is 26.7 Å². The molecule has 0 aliphatic carbocycles. The summed E-state index contributed by atoms with van der Waals surface area (Å²) in [6, 6.07) is 12.6. The molecule has 184 valence electrons. The summed E-state index contributed by atoms with van der Waals surface area (Å²) >= 11 is 6.02. The number of halogens is 2. The quantitative estimate of drug-likeness (QED) is 0.568. The lowest BCUT2D eigenvalue weighted by Crippen LogP contribution is -2.62. The fourth-order valence-electron chi connectivity index (χ4n) is 4.61. The monoisotopic (exact) mass is 488 g/mol. The Morgan fingerprint density at radius 1 is 1.09 bits per heavy atom. The van der Waals surface area contributed by atoms with Crippen molar-refractivity contribution in [3.05, 3.63) is 70.5 Å². The van der Waals surface area contributed by atoms with Gasteiger partial charge in [0.15, 0.2) is 0 Å². The van der Waals surface area contributed by atoms with Crippen molar-refractivity contribution in [3.63, 3.8) is 0 Å². The summed E-state index contributed by atoms with van der Waals surface area (Å²) in [4.78, 5) is 30.1. The van der Waals surface area contributed by atoms with Crippen LogP contribution in [0.5, 0.6) is 0 Å². The molecule has 3 atom stereocenters. The van der Waals surface area contributed by atoms with Gasteiger partial charge in [0, 0.05) is 37.7 Å². The maximum Gasteiger partial charge on any atom is 0.240 e. The third-order valence-corrected chi connectivity index (χ3v) is 6.69. The molecule has 6 nitrogen and oxygen atoms in total. The molecule has 0 radical (unpaired) electrons. The van der Waals surface area contributed by atoms with Crippen LogP contribution < -0.4 is 11.1 Å². The highest BCUT2D eigenvalue weighted by molar-refractivity contribution is 6.30. The number of rotatable bonds is 9. The first-order chi connectivity index (χ1) is 16.3. The highest BCUT2D eigenvalue weighted by Gasteiger charge is 2.36. The molecular weight excluding hydrogens is 455 g/mol. The molecule has 1 saturated heterocycles. The lowest BCUT2D eigenvalue weighted by atomic mass is 9.98. The number of benzene rings is 2. The Bertz CT molecular complexity index is 954. The largest absolute Gasteiger partial charge is 0.358 e. The summed E-state index contributed by atoms with van der Waals surface area (Å²) in [5.74, 6) is -0.457. The number of amides is 2. The minimum atomic E-state index is -0.694. The van der Waals surface area contributed by atoms with Crippen LogP contribution in [0, 0.1) is 5.82 Å². The molecule has 3 unspecified atom stereocenters. The van der Waals surface area contributed by atoms with Gasteiger partial charge in [-0.1, -0.05) is 49.2 Å². The lowest BCUT2D eigenvalue weighted by molar-refractivity contribution is -0.139. The van der Waals surface area contributed by atoms with Gasteiger partial charge < -0.3 is 16.0 Å². The molecule has 1 aliphatic heterocycles. The fourth-order valence-corrected chi connectivity index (χ4v) is 4.73. The van der Waals surface area contributed by atoms with Gasteiger partial charge in [-0.2, -0.15) is 0 Å². The van der Waals surface area contributed by atoms with Crippen molar-refractivity contribution in [3.8, 4) is 0 Å². The maximum absolute atomic E-state index is 13.3. The Balaban J connectivity index is 1.71. The summed E-state index contributed by atoms with van der Waals surface area (Å²) in [5.41, 5.74) is 8.14. The zero-order chi connectivity index (χ0) is 24.7. The van der Waals surface area contributed by atoms with Gasteiger partial charge in [-0.3, -0.25) is 14.5 Å². The number of likely N-dealkylation sites (N-methyl/N-ethyl adjacent to an activating group) is 1. The molecule has 1 fully saturated rings. The van der Waals surface area contributed by atoms with E-state index in [4.69, 9.17) is 17.3 Å². The molecule has 2 amide bonds. The summed E-state index contributed by atoms with van der Waals surface area (Å²) < 4.78 is 13.2. The van der Waals surface area contributed by atoms with E-state index in [0.717, 1.165) is 24.0 Å². The minimum Gasteiger partial charge on any atom is -0.358 e. The van der Waals surface area contributed by atoms with E-state index in [1.165, 1.54) is 12.1 Å². The van der Waals surface area contributed by atoms with Gasteiger partial charge in [-0.25, -0.2) is 4.39 Å². The van der Waals surface area contributed by atoms with Crippen LogP contribution >= 0.6 is 11.6 Å². The van der Waals surface area contributed by atoms with Crippen LogP contribution in [0.3, 0.4) is 0 Å². The molecule has 8 heteroatoms. The van der Waals surface area contributed by atoms with Crippen LogP contribution in [-0.2, 0) is 22.4 Å². The van der Waals surface area contributed by atoms with Gasteiger partial charge in [0.1, 0.15) is 5.82 Å². The number of hydrogen-bond acceptors (Lipinski definition) is 4. The lowest BCUT2D eigenvalue weighted by Gasteiger charge is -2.44. The number of piperazine rings is 1. The third-order valence-electron chi connectivity index (χ3n) is 6.44. The van der Waals surface area contributed by atoms with Gasteiger partial charge in [-0.05, 0) is 54.7 Å². The van der Waals surface area contributed by atoms with E-state index < -0.39 is 6.04 Å². The predicted octanol–water partition coefficient (Wildman–Crippen LogP) is 3.02. The molecule has 3 N–H and O–H groups in total. The van der Waals surface area contributed by atoms with Gasteiger partial charge in [0.25, 0.3) is 0 Å². The third kappa shape index (κ3) is 6.78. The van der Waals surface area contributed by atoms with E-state index in [0.29, 0.717) is 37.5 Å². The van der Waals surface area contributed by atoms with Crippen LogP contribution in [0.2, 0.25) is 5.02 Å². The first-order valence-corrected chi connectivity index (χ1v) is 12.2. The van der Waals surface area contributed by atoms with Crippen molar-refractivity contribution in [1.82, 2.24) is 15.1 Å². The van der Waals surface area contributed by atoms with E-state index >= 15 is 0 Å². The Morgan fingerprint density at radius 3 is 2.32 bits per heavy atom. The molecule has 2 aromatic carbocycles.